The molecule has 3 aromatic carbocycles. The minimum Gasteiger partial charge on any atom is -0.444 e. The third-order valence-corrected chi connectivity index (χ3v) is 6.09. The van der Waals surface area contributed by atoms with Gasteiger partial charge < -0.3 is 31.2 Å². The van der Waals surface area contributed by atoms with E-state index in [1.54, 1.807) is 20.8 Å². The number of rotatable bonds is 11. The molecular weight excluding hydrogens is 520 g/mol. The zero-order valence-corrected chi connectivity index (χ0v) is 24.3. The molecular formula is C32H40N4O5. The number of nitrogens with two attached hydrogens (primary N) is 1. The van der Waals surface area contributed by atoms with Gasteiger partial charge in [-0.1, -0.05) is 72.8 Å². The zero-order chi connectivity index (χ0) is 30.0. The van der Waals surface area contributed by atoms with E-state index in [1.807, 2.05) is 78.9 Å². The Bertz CT molecular complexity index is 1320. The summed E-state index contributed by atoms with van der Waals surface area (Å²) in [7, 11) is 0. The van der Waals surface area contributed by atoms with E-state index in [0.29, 0.717) is 5.69 Å². The van der Waals surface area contributed by atoms with Gasteiger partial charge in [0.2, 0.25) is 11.8 Å². The van der Waals surface area contributed by atoms with Gasteiger partial charge in [-0.2, -0.15) is 0 Å². The molecule has 0 spiro atoms. The number of hydrogen-bond acceptors (Lipinski definition) is 6. The van der Waals surface area contributed by atoms with E-state index in [1.165, 1.54) is 13.8 Å². The molecule has 0 radical (unpaired) electrons. The fourth-order valence-corrected chi connectivity index (χ4v) is 3.88. The molecule has 0 aliphatic carbocycles. The van der Waals surface area contributed by atoms with Crippen molar-refractivity contribution in [3.8, 4) is 11.1 Å². The van der Waals surface area contributed by atoms with Gasteiger partial charge >= 0.3 is 6.09 Å². The summed E-state index contributed by atoms with van der Waals surface area (Å²) in [5.41, 5.74) is 8.41. The summed E-state index contributed by atoms with van der Waals surface area (Å²) < 4.78 is 11.1. The second kappa shape index (κ2) is 13.8. The van der Waals surface area contributed by atoms with E-state index in [4.69, 9.17) is 15.2 Å². The summed E-state index contributed by atoms with van der Waals surface area (Å²) in [5.74, 6) is -0.979. The summed E-state index contributed by atoms with van der Waals surface area (Å²) in [6, 6.07) is 23.8. The molecule has 9 nitrogen and oxygen atoms in total. The molecule has 0 saturated heterocycles. The monoisotopic (exact) mass is 560 g/mol. The van der Waals surface area contributed by atoms with Crippen molar-refractivity contribution in [1.82, 2.24) is 16.0 Å². The molecule has 5 N–H and O–H groups in total. The van der Waals surface area contributed by atoms with Crippen LogP contribution in [0.5, 0.6) is 0 Å². The van der Waals surface area contributed by atoms with E-state index in [2.05, 4.69) is 16.0 Å². The van der Waals surface area contributed by atoms with Gasteiger partial charge in [0, 0.05) is 17.8 Å². The second-order valence-corrected chi connectivity index (χ2v) is 11.3. The van der Waals surface area contributed by atoms with Crippen LogP contribution in [-0.2, 0) is 32.2 Å². The lowest BCUT2D eigenvalue weighted by Gasteiger charge is -2.29. The van der Waals surface area contributed by atoms with Gasteiger partial charge in [0.15, 0.2) is 0 Å². The Balaban J connectivity index is 1.65. The van der Waals surface area contributed by atoms with E-state index < -0.39 is 35.1 Å². The summed E-state index contributed by atoms with van der Waals surface area (Å²) in [4.78, 5) is 38.7. The van der Waals surface area contributed by atoms with Crippen LogP contribution in [0, 0.1) is 0 Å². The van der Waals surface area contributed by atoms with Gasteiger partial charge in [-0.25, -0.2) is 4.79 Å². The quantitative estimate of drug-likeness (QED) is 0.254. The highest BCUT2D eigenvalue weighted by Crippen LogP contribution is 2.25. The SMILES string of the molecule is CC(C)(C)OC(=O)NC(C)(C)C(=O)N[C@H](COCc1ccccc1)C(=O)NCc1ccc(-c2ccccc2N)cc1. The molecule has 0 fully saturated rings. The topological polar surface area (TPSA) is 132 Å². The number of anilines is 1. The molecule has 3 rings (SSSR count). The molecule has 218 valence electrons. The fraction of sp³-hybridized carbons (Fsp3) is 0.344. The van der Waals surface area contributed by atoms with Crippen molar-refractivity contribution in [2.24, 2.45) is 0 Å². The van der Waals surface area contributed by atoms with Crippen LogP contribution in [0.15, 0.2) is 78.9 Å². The van der Waals surface area contributed by atoms with Gasteiger partial charge in [0.05, 0.1) is 13.2 Å². The molecule has 0 aromatic heterocycles. The predicted octanol–water partition coefficient (Wildman–Crippen LogP) is 4.56. The third kappa shape index (κ3) is 9.95. The number of nitrogens with one attached hydrogen (secondary N) is 3. The number of para-hydroxylation sites is 1. The zero-order valence-electron chi connectivity index (χ0n) is 24.3. The number of hydrogen-bond donors (Lipinski definition) is 4. The van der Waals surface area contributed by atoms with E-state index in [-0.39, 0.29) is 19.8 Å². The Morgan fingerprint density at radius 3 is 2.10 bits per heavy atom. The molecule has 0 bridgehead atoms. The Hall–Kier alpha value is -4.37. The summed E-state index contributed by atoms with van der Waals surface area (Å²) >= 11 is 0. The number of carbonyl (C=O) groups excluding carboxylic acids is 3. The van der Waals surface area contributed by atoms with Crippen molar-refractivity contribution in [2.45, 2.75) is 65.0 Å². The number of carbonyl (C=O) groups is 3. The number of ether oxygens (including phenoxy) is 2. The van der Waals surface area contributed by atoms with Crippen molar-refractivity contribution in [2.75, 3.05) is 12.3 Å². The van der Waals surface area contributed by atoms with Crippen molar-refractivity contribution >= 4 is 23.6 Å². The van der Waals surface area contributed by atoms with Crippen molar-refractivity contribution < 1.29 is 23.9 Å². The van der Waals surface area contributed by atoms with Crippen LogP contribution in [0.1, 0.15) is 45.7 Å². The van der Waals surface area contributed by atoms with Crippen LogP contribution in [0.25, 0.3) is 11.1 Å². The number of alkyl carbamates (subject to hydrolysis) is 1. The third-order valence-electron chi connectivity index (χ3n) is 6.09. The van der Waals surface area contributed by atoms with Gasteiger partial charge in [-0.3, -0.25) is 9.59 Å². The molecule has 0 aliphatic rings. The maximum Gasteiger partial charge on any atom is 0.408 e. The molecule has 0 saturated carbocycles. The van der Waals surface area contributed by atoms with Crippen LogP contribution in [0.4, 0.5) is 10.5 Å². The first-order valence-corrected chi connectivity index (χ1v) is 13.5. The van der Waals surface area contributed by atoms with E-state index >= 15 is 0 Å². The van der Waals surface area contributed by atoms with Crippen LogP contribution < -0.4 is 21.7 Å². The van der Waals surface area contributed by atoms with Gasteiger partial charge in [-0.15, -0.1) is 0 Å². The maximum absolute atomic E-state index is 13.2. The average Bonchev–Trinajstić information content (AvgIpc) is 2.91. The first-order chi connectivity index (χ1) is 19.3. The Morgan fingerprint density at radius 2 is 1.46 bits per heavy atom. The van der Waals surface area contributed by atoms with Crippen LogP contribution in [-0.4, -0.2) is 41.7 Å². The average molecular weight is 561 g/mol. The lowest BCUT2D eigenvalue weighted by atomic mass is 10.0. The normalized spacial score (nSPS) is 12.2. The van der Waals surface area contributed by atoms with Crippen LogP contribution in [0.3, 0.4) is 0 Å². The molecule has 41 heavy (non-hydrogen) atoms. The first-order valence-electron chi connectivity index (χ1n) is 13.5. The van der Waals surface area contributed by atoms with Gasteiger partial charge in [-0.05, 0) is 57.4 Å². The lowest BCUT2D eigenvalue weighted by molar-refractivity contribution is -0.133. The number of nitrogen functional groups attached to an aromatic ring is 1. The van der Waals surface area contributed by atoms with E-state index in [0.717, 1.165) is 22.3 Å². The number of benzene rings is 3. The Labute approximate surface area is 241 Å². The highest BCUT2D eigenvalue weighted by Gasteiger charge is 2.34. The van der Waals surface area contributed by atoms with Crippen LogP contribution in [0.2, 0.25) is 0 Å². The minimum absolute atomic E-state index is 0.0682. The molecule has 3 aromatic rings. The largest absolute Gasteiger partial charge is 0.444 e. The first kappa shape index (κ1) is 31.2. The van der Waals surface area contributed by atoms with Crippen molar-refractivity contribution in [3.05, 3.63) is 90.0 Å². The summed E-state index contributed by atoms with van der Waals surface area (Å²) in [5, 5.41) is 8.17. The molecule has 0 heterocycles. The predicted molar refractivity (Wildman–Crippen MR) is 160 cm³/mol. The smallest absolute Gasteiger partial charge is 0.408 e. The standard InChI is InChI=1S/C32H40N4O5/c1-31(2,3)41-30(39)36-32(4,5)29(38)35-27(21-40-20-23-11-7-6-8-12-23)28(37)34-19-22-15-17-24(18-16-22)25-13-9-10-14-26(25)33/h6-18,27H,19-21,33H2,1-5H3,(H,34,37)(H,35,38)(H,36,39)/t27-/m1/s1. The van der Waals surface area contributed by atoms with Gasteiger partial charge in [0.1, 0.15) is 17.2 Å². The molecule has 1 atom stereocenters. The number of amides is 3. The van der Waals surface area contributed by atoms with Gasteiger partial charge in [0.25, 0.3) is 0 Å². The highest BCUT2D eigenvalue weighted by atomic mass is 16.6. The fourth-order valence-electron chi connectivity index (χ4n) is 3.88. The Kier molecular flexibility index (Phi) is 10.5. The highest BCUT2D eigenvalue weighted by molar-refractivity contribution is 5.93. The molecule has 9 heteroatoms. The van der Waals surface area contributed by atoms with E-state index in [9.17, 15) is 14.4 Å². The van der Waals surface area contributed by atoms with Crippen molar-refractivity contribution in [3.63, 3.8) is 0 Å². The molecule has 3 amide bonds. The van der Waals surface area contributed by atoms with Crippen molar-refractivity contribution in [1.29, 1.82) is 0 Å². The lowest BCUT2D eigenvalue weighted by Crippen LogP contribution is -2.60. The molecule has 0 unspecified atom stereocenters. The Morgan fingerprint density at radius 1 is 0.829 bits per heavy atom. The summed E-state index contributed by atoms with van der Waals surface area (Å²) in [6.45, 7) is 8.71. The van der Waals surface area contributed by atoms with Crippen LogP contribution >= 0.6 is 0 Å². The maximum atomic E-state index is 13.2. The second-order valence-electron chi connectivity index (χ2n) is 11.3. The summed E-state index contributed by atoms with van der Waals surface area (Å²) in [6.07, 6.45) is -0.736. The molecule has 0 aliphatic heterocycles. The minimum atomic E-state index is -1.35.